The SMILES string of the molecule is CCC(CC(N)=NO)NC1CCCC1(C)C. The van der Waals surface area contributed by atoms with Crippen molar-refractivity contribution in [2.75, 3.05) is 0 Å². The van der Waals surface area contributed by atoms with E-state index in [1.807, 2.05) is 0 Å². The van der Waals surface area contributed by atoms with Crippen molar-refractivity contribution in [1.29, 1.82) is 0 Å². The first-order chi connectivity index (χ1) is 7.49. The van der Waals surface area contributed by atoms with Crippen molar-refractivity contribution in [3.05, 3.63) is 0 Å². The fourth-order valence-electron chi connectivity index (χ4n) is 2.53. The van der Waals surface area contributed by atoms with Crippen LogP contribution in [0.1, 0.15) is 52.9 Å². The molecule has 0 aliphatic heterocycles. The fraction of sp³-hybridized carbons (Fsp3) is 0.917. The Morgan fingerprint density at radius 3 is 2.75 bits per heavy atom. The third kappa shape index (κ3) is 3.37. The number of nitrogens with two attached hydrogens (primary N) is 1. The van der Waals surface area contributed by atoms with Crippen LogP contribution in [-0.4, -0.2) is 23.1 Å². The molecular weight excluding hydrogens is 202 g/mol. The summed E-state index contributed by atoms with van der Waals surface area (Å²) in [6.45, 7) is 6.76. The summed E-state index contributed by atoms with van der Waals surface area (Å²) in [5.41, 5.74) is 5.92. The van der Waals surface area contributed by atoms with Crippen molar-refractivity contribution in [3.63, 3.8) is 0 Å². The summed E-state index contributed by atoms with van der Waals surface area (Å²) in [6, 6.07) is 0.877. The van der Waals surface area contributed by atoms with Crippen LogP contribution in [0.4, 0.5) is 0 Å². The normalized spacial score (nSPS) is 26.9. The molecule has 0 aromatic rings. The molecule has 1 aliphatic rings. The molecule has 0 spiro atoms. The van der Waals surface area contributed by atoms with E-state index >= 15 is 0 Å². The van der Waals surface area contributed by atoms with Crippen molar-refractivity contribution in [2.45, 2.75) is 65.0 Å². The molecule has 2 atom stereocenters. The minimum atomic E-state index is 0.315. The highest BCUT2D eigenvalue weighted by Gasteiger charge is 2.35. The quantitative estimate of drug-likeness (QED) is 0.291. The van der Waals surface area contributed by atoms with Crippen LogP contribution in [0.3, 0.4) is 0 Å². The van der Waals surface area contributed by atoms with Gasteiger partial charge in [-0.1, -0.05) is 32.3 Å². The zero-order valence-electron chi connectivity index (χ0n) is 10.7. The van der Waals surface area contributed by atoms with Gasteiger partial charge in [0.1, 0.15) is 5.84 Å². The second-order valence-electron chi connectivity index (χ2n) is 5.50. The van der Waals surface area contributed by atoms with Gasteiger partial charge in [-0.25, -0.2) is 0 Å². The predicted molar refractivity (Wildman–Crippen MR) is 66.7 cm³/mol. The van der Waals surface area contributed by atoms with Crippen molar-refractivity contribution in [3.8, 4) is 0 Å². The summed E-state index contributed by atoms with van der Waals surface area (Å²) in [5, 5.41) is 15.3. The first kappa shape index (κ1) is 13.3. The largest absolute Gasteiger partial charge is 0.409 e. The minimum Gasteiger partial charge on any atom is -0.409 e. The van der Waals surface area contributed by atoms with E-state index in [-0.39, 0.29) is 0 Å². The molecule has 2 unspecified atom stereocenters. The van der Waals surface area contributed by atoms with Crippen LogP contribution in [0.15, 0.2) is 5.16 Å². The van der Waals surface area contributed by atoms with E-state index in [0.717, 1.165) is 6.42 Å². The Hall–Kier alpha value is -0.770. The van der Waals surface area contributed by atoms with Crippen LogP contribution in [0, 0.1) is 5.41 Å². The number of nitrogens with one attached hydrogen (secondary N) is 1. The van der Waals surface area contributed by atoms with E-state index in [9.17, 15) is 0 Å². The number of hydrogen-bond donors (Lipinski definition) is 3. The fourth-order valence-corrected chi connectivity index (χ4v) is 2.53. The summed E-state index contributed by atoms with van der Waals surface area (Å²) >= 11 is 0. The smallest absolute Gasteiger partial charge is 0.140 e. The van der Waals surface area contributed by atoms with E-state index in [1.54, 1.807) is 0 Å². The molecule has 4 nitrogen and oxygen atoms in total. The van der Waals surface area contributed by atoms with Gasteiger partial charge in [0.05, 0.1) is 0 Å². The highest BCUT2D eigenvalue weighted by Crippen LogP contribution is 2.37. The molecule has 1 rings (SSSR count). The monoisotopic (exact) mass is 227 g/mol. The van der Waals surface area contributed by atoms with Gasteiger partial charge >= 0.3 is 0 Å². The number of hydrogen-bond acceptors (Lipinski definition) is 3. The van der Waals surface area contributed by atoms with Gasteiger partial charge in [-0.2, -0.15) is 0 Å². The second-order valence-corrected chi connectivity index (χ2v) is 5.50. The number of amidine groups is 1. The van der Waals surface area contributed by atoms with Crippen LogP contribution in [0.2, 0.25) is 0 Å². The van der Waals surface area contributed by atoms with E-state index in [2.05, 4.69) is 31.2 Å². The Labute approximate surface area is 98.3 Å². The maximum atomic E-state index is 8.58. The van der Waals surface area contributed by atoms with Crippen LogP contribution in [-0.2, 0) is 0 Å². The number of rotatable bonds is 5. The molecule has 0 radical (unpaired) electrons. The maximum Gasteiger partial charge on any atom is 0.140 e. The molecular formula is C12H25N3O. The molecule has 0 amide bonds. The van der Waals surface area contributed by atoms with Gasteiger partial charge in [0.25, 0.3) is 0 Å². The Morgan fingerprint density at radius 2 is 2.31 bits per heavy atom. The Balaban J connectivity index is 2.50. The molecule has 0 aromatic carbocycles. The second kappa shape index (κ2) is 5.53. The van der Waals surface area contributed by atoms with Gasteiger partial charge in [-0.15, -0.1) is 0 Å². The van der Waals surface area contributed by atoms with E-state index in [0.29, 0.717) is 29.8 Å². The summed E-state index contributed by atoms with van der Waals surface area (Å²) < 4.78 is 0. The average Bonchev–Trinajstić information content (AvgIpc) is 2.57. The Kier molecular flexibility index (Phi) is 4.59. The van der Waals surface area contributed by atoms with Gasteiger partial charge in [0, 0.05) is 18.5 Å². The molecule has 1 aliphatic carbocycles. The molecule has 1 fully saturated rings. The number of oxime groups is 1. The molecule has 4 N–H and O–H groups in total. The molecule has 4 heteroatoms. The van der Waals surface area contributed by atoms with Crippen LogP contribution >= 0.6 is 0 Å². The lowest BCUT2D eigenvalue weighted by molar-refractivity contribution is 0.258. The van der Waals surface area contributed by atoms with Crippen LogP contribution < -0.4 is 11.1 Å². The summed E-state index contributed by atoms with van der Waals surface area (Å²) in [6.07, 6.45) is 5.44. The zero-order valence-corrected chi connectivity index (χ0v) is 10.7. The van der Waals surface area contributed by atoms with Gasteiger partial charge in [0.15, 0.2) is 0 Å². The molecule has 0 heterocycles. The van der Waals surface area contributed by atoms with Crippen molar-refractivity contribution in [1.82, 2.24) is 5.32 Å². The van der Waals surface area contributed by atoms with Crippen molar-refractivity contribution in [2.24, 2.45) is 16.3 Å². The average molecular weight is 227 g/mol. The number of nitrogens with zero attached hydrogens (tertiary/aromatic N) is 1. The van der Waals surface area contributed by atoms with E-state index in [1.165, 1.54) is 19.3 Å². The lowest BCUT2D eigenvalue weighted by Crippen LogP contribution is -2.45. The summed E-state index contributed by atoms with van der Waals surface area (Å²) in [5.74, 6) is 0.315. The van der Waals surface area contributed by atoms with E-state index < -0.39 is 0 Å². The van der Waals surface area contributed by atoms with Crippen LogP contribution in [0.5, 0.6) is 0 Å². The Morgan fingerprint density at radius 1 is 1.62 bits per heavy atom. The predicted octanol–water partition coefficient (Wildman–Crippen LogP) is 2.07. The molecule has 0 aromatic heterocycles. The third-order valence-corrected chi connectivity index (χ3v) is 3.77. The molecule has 0 bridgehead atoms. The highest BCUT2D eigenvalue weighted by molar-refractivity contribution is 5.80. The first-order valence-corrected chi connectivity index (χ1v) is 6.22. The lowest BCUT2D eigenvalue weighted by atomic mass is 9.86. The lowest BCUT2D eigenvalue weighted by Gasteiger charge is -2.31. The van der Waals surface area contributed by atoms with Gasteiger partial charge in [-0.3, -0.25) is 0 Å². The summed E-state index contributed by atoms with van der Waals surface area (Å²) in [4.78, 5) is 0. The van der Waals surface area contributed by atoms with E-state index in [4.69, 9.17) is 10.9 Å². The van der Waals surface area contributed by atoms with Gasteiger partial charge in [0.2, 0.25) is 0 Å². The van der Waals surface area contributed by atoms with Crippen LogP contribution in [0.25, 0.3) is 0 Å². The summed E-state index contributed by atoms with van der Waals surface area (Å²) in [7, 11) is 0. The zero-order chi connectivity index (χ0) is 12.2. The molecule has 16 heavy (non-hydrogen) atoms. The minimum absolute atomic E-state index is 0.315. The van der Waals surface area contributed by atoms with Gasteiger partial charge in [-0.05, 0) is 24.7 Å². The van der Waals surface area contributed by atoms with Crippen molar-refractivity contribution >= 4 is 5.84 Å². The maximum absolute atomic E-state index is 8.58. The third-order valence-electron chi connectivity index (χ3n) is 3.77. The molecule has 1 saturated carbocycles. The highest BCUT2D eigenvalue weighted by atomic mass is 16.4. The Bertz CT molecular complexity index is 251. The van der Waals surface area contributed by atoms with Crippen molar-refractivity contribution < 1.29 is 5.21 Å². The van der Waals surface area contributed by atoms with Gasteiger partial charge < -0.3 is 16.3 Å². The standard InChI is InChI=1S/C12H25N3O/c1-4-9(8-11(13)15-16)14-10-6-5-7-12(10,2)3/h9-10,14,16H,4-8H2,1-3H3,(H2,13,15). The topological polar surface area (TPSA) is 70.6 Å². The first-order valence-electron chi connectivity index (χ1n) is 6.22. The molecule has 0 saturated heterocycles. The molecule has 94 valence electrons.